The minimum atomic E-state index is -4.73. The van der Waals surface area contributed by atoms with Crippen molar-refractivity contribution in [1.82, 2.24) is 10.4 Å². The third kappa shape index (κ3) is 16.0. The predicted octanol–water partition coefficient (Wildman–Crippen LogP) is 8.65. The number of nitrogens with two attached hydrogens (primary N) is 1. The van der Waals surface area contributed by atoms with Crippen molar-refractivity contribution >= 4 is 25.5 Å². The minimum Gasteiger partial charge on any atom is -0.478 e. The van der Waals surface area contributed by atoms with Gasteiger partial charge < -0.3 is 9.63 Å². The fraction of sp³-hybridized carbons (Fsp3) is 0.634. The lowest BCUT2D eigenvalue weighted by Crippen LogP contribution is -2.76. The number of hydrazine groups is 1. The summed E-state index contributed by atoms with van der Waals surface area (Å²) in [5.74, 6) is -2.41. The molecule has 11 nitrogen and oxygen atoms in total. The fourth-order valence-electron chi connectivity index (χ4n) is 6.94. The Morgan fingerprint density at radius 1 is 0.755 bits per heavy atom. The van der Waals surface area contributed by atoms with Crippen LogP contribution in [0.15, 0.2) is 54.6 Å². The summed E-state index contributed by atoms with van der Waals surface area (Å²) in [4.78, 5) is 59.2. The number of phosphoric acid groups is 1. The average Bonchev–Trinajstić information content (AvgIpc) is 3.13. The standard InChI is InChI=1S/C41H66N3O8P/c1-4-6-7-8-9-10-11-12-13-14-15-16-17-21-33-43-44(38(46)31-28-35-26-29-36(30-27-35)52-53(49,50)51)41(42,39(47)48)40(3,37(45)5-2)32-22-25-34-23-19-18-20-24-34/h18-20,23-24,26-27,29-30,43H,4-17,21-22,25,28,31-33,42H2,1-3H3,(H,47,48)(H2,49,50,51). The van der Waals surface area contributed by atoms with Crippen molar-refractivity contribution in [2.75, 3.05) is 6.54 Å². The summed E-state index contributed by atoms with van der Waals surface area (Å²) in [5.41, 5.74) is 7.65. The van der Waals surface area contributed by atoms with Crippen LogP contribution in [-0.4, -0.2) is 49.8 Å². The van der Waals surface area contributed by atoms with Crippen molar-refractivity contribution in [1.29, 1.82) is 0 Å². The molecule has 0 radical (unpaired) electrons. The Hall–Kier alpha value is -3.08. The van der Waals surface area contributed by atoms with Gasteiger partial charge in [0.05, 0.1) is 5.41 Å². The molecule has 2 aromatic carbocycles. The Kier molecular flexibility index (Phi) is 21.2. The van der Waals surface area contributed by atoms with Crippen LogP contribution in [0.2, 0.25) is 0 Å². The van der Waals surface area contributed by atoms with Gasteiger partial charge in [0.15, 0.2) is 0 Å². The molecule has 0 fully saturated rings. The number of amides is 1. The van der Waals surface area contributed by atoms with Gasteiger partial charge in [-0.1, -0.05) is 140 Å². The highest BCUT2D eigenvalue weighted by Crippen LogP contribution is 2.40. The van der Waals surface area contributed by atoms with E-state index in [1.165, 1.54) is 76.3 Å². The average molecular weight is 760 g/mol. The van der Waals surface area contributed by atoms with Crippen molar-refractivity contribution in [3.05, 3.63) is 65.7 Å². The van der Waals surface area contributed by atoms with Gasteiger partial charge in [-0.3, -0.25) is 25.1 Å². The number of aliphatic carboxylic acids is 1. The topological polar surface area (TPSA) is 179 Å². The maximum Gasteiger partial charge on any atom is 0.524 e. The number of nitrogens with one attached hydrogen (secondary N) is 1. The summed E-state index contributed by atoms with van der Waals surface area (Å²) < 4.78 is 15.8. The van der Waals surface area contributed by atoms with Gasteiger partial charge in [-0.05, 0) is 62.3 Å². The number of ketones is 1. The van der Waals surface area contributed by atoms with Gasteiger partial charge in [-0.15, -0.1) is 0 Å². The number of carboxylic acids is 1. The number of nitrogens with zero attached hydrogens (tertiary/aromatic N) is 1. The molecule has 53 heavy (non-hydrogen) atoms. The molecule has 2 aromatic rings. The van der Waals surface area contributed by atoms with Gasteiger partial charge in [0.1, 0.15) is 11.5 Å². The van der Waals surface area contributed by atoms with Crippen LogP contribution in [0, 0.1) is 5.41 Å². The lowest BCUT2D eigenvalue weighted by Gasteiger charge is -2.48. The molecule has 1 amide bonds. The first-order chi connectivity index (χ1) is 25.3. The molecule has 0 spiro atoms. The molecule has 2 unspecified atom stereocenters. The van der Waals surface area contributed by atoms with Gasteiger partial charge >= 0.3 is 13.8 Å². The molecule has 0 saturated heterocycles. The normalized spacial score (nSPS) is 13.9. The smallest absolute Gasteiger partial charge is 0.478 e. The Morgan fingerprint density at radius 2 is 1.26 bits per heavy atom. The predicted molar refractivity (Wildman–Crippen MR) is 210 cm³/mol. The monoisotopic (exact) mass is 759 g/mol. The summed E-state index contributed by atoms with van der Waals surface area (Å²) in [5, 5.41) is 11.8. The summed E-state index contributed by atoms with van der Waals surface area (Å²) in [6.45, 7) is 5.79. The second-order valence-corrected chi connectivity index (χ2v) is 15.6. The third-order valence-corrected chi connectivity index (χ3v) is 10.7. The van der Waals surface area contributed by atoms with Crippen molar-refractivity contribution in [2.24, 2.45) is 11.1 Å². The second kappa shape index (κ2) is 24.4. The number of benzene rings is 2. The highest BCUT2D eigenvalue weighted by Gasteiger charge is 2.60. The molecule has 298 valence electrons. The minimum absolute atomic E-state index is 0.0268. The molecule has 0 saturated carbocycles. The highest BCUT2D eigenvalue weighted by atomic mass is 31.2. The van der Waals surface area contributed by atoms with Crippen molar-refractivity contribution < 1.29 is 38.4 Å². The van der Waals surface area contributed by atoms with E-state index in [0.29, 0.717) is 31.4 Å². The van der Waals surface area contributed by atoms with E-state index in [1.807, 2.05) is 30.3 Å². The van der Waals surface area contributed by atoms with E-state index in [-0.39, 0.29) is 37.2 Å². The molecule has 2 atom stereocenters. The summed E-state index contributed by atoms with van der Waals surface area (Å²) in [7, 11) is -4.73. The van der Waals surface area contributed by atoms with E-state index in [2.05, 4.69) is 16.9 Å². The van der Waals surface area contributed by atoms with E-state index >= 15 is 0 Å². The van der Waals surface area contributed by atoms with E-state index in [0.717, 1.165) is 29.8 Å². The quantitative estimate of drug-likeness (QED) is 0.0224. The number of hydrogen-bond donors (Lipinski definition) is 5. The first kappa shape index (κ1) is 46.1. The van der Waals surface area contributed by atoms with Crippen LogP contribution in [0.4, 0.5) is 0 Å². The van der Waals surface area contributed by atoms with E-state index in [1.54, 1.807) is 26.0 Å². The van der Waals surface area contributed by atoms with Gasteiger partial charge in [-0.2, -0.15) is 0 Å². The number of rotatable bonds is 30. The molecule has 12 heteroatoms. The Morgan fingerprint density at radius 3 is 1.75 bits per heavy atom. The van der Waals surface area contributed by atoms with Crippen LogP contribution in [0.1, 0.15) is 147 Å². The van der Waals surface area contributed by atoms with Crippen molar-refractivity contribution in [3.63, 3.8) is 0 Å². The summed E-state index contributed by atoms with van der Waals surface area (Å²) in [6, 6.07) is 15.7. The zero-order valence-electron chi connectivity index (χ0n) is 32.4. The zero-order chi connectivity index (χ0) is 39.2. The lowest BCUT2D eigenvalue weighted by molar-refractivity contribution is -0.179. The molecule has 0 aliphatic heterocycles. The van der Waals surface area contributed by atoms with Gasteiger partial charge in [-0.25, -0.2) is 19.8 Å². The molecule has 0 aliphatic carbocycles. The van der Waals surface area contributed by atoms with Gasteiger partial charge in [0.25, 0.3) is 0 Å². The fourth-order valence-corrected chi connectivity index (χ4v) is 7.34. The Balaban J connectivity index is 2.12. The van der Waals surface area contributed by atoms with E-state index < -0.39 is 30.8 Å². The summed E-state index contributed by atoms with van der Waals surface area (Å²) >= 11 is 0. The first-order valence-electron chi connectivity index (χ1n) is 19.8. The van der Waals surface area contributed by atoms with Crippen LogP contribution in [0.5, 0.6) is 5.75 Å². The number of carbonyl (C=O) groups is 3. The van der Waals surface area contributed by atoms with Crippen LogP contribution in [0.25, 0.3) is 0 Å². The van der Waals surface area contributed by atoms with Crippen LogP contribution in [0.3, 0.4) is 0 Å². The zero-order valence-corrected chi connectivity index (χ0v) is 33.3. The number of phosphoric ester groups is 1. The molecule has 0 aromatic heterocycles. The third-order valence-electron chi connectivity index (χ3n) is 10.3. The Labute approximate surface area is 317 Å². The van der Waals surface area contributed by atoms with Crippen molar-refractivity contribution in [2.45, 2.75) is 155 Å². The number of unbranched alkanes of at least 4 members (excludes halogenated alkanes) is 13. The molecule has 0 aliphatic rings. The maximum atomic E-state index is 14.0. The number of hydrogen-bond acceptors (Lipinski definition) is 7. The molecular formula is C41H66N3O8P. The number of aryl methyl sites for hydroxylation is 2. The largest absolute Gasteiger partial charge is 0.524 e. The number of carbonyl (C=O) groups excluding carboxylic acids is 2. The van der Waals surface area contributed by atoms with Gasteiger partial charge in [0.2, 0.25) is 11.6 Å². The molecule has 2 rings (SSSR count). The number of Topliss-reactive ketones (excluding diaryl/α,β-unsaturated/α-hetero) is 1. The highest BCUT2D eigenvalue weighted by molar-refractivity contribution is 7.46. The molecule has 0 heterocycles. The first-order valence-corrected chi connectivity index (χ1v) is 21.3. The molecule has 0 bridgehead atoms. The van der Waals surface area contributed by atoms with Crippen molar-refractivity contribution in [3.8, 4) is 5.75 Å². The van der Waals surface area contributed by atoms with E-state index in [9.17, 15) is 24.1 Å². The van der Waals surface area contributed by atoms with Gasteiger partial charge in [0, 0.05) is 19.4 Å². The maximum absolute atomic E-state index is 14.0. The van der Waals surface area contributed by atoms with E-state index in [4.69, 9.17) is 15.5 Å². The molecular weight excluding hydrogens is 693 g/mol. The summed E-state index contributed by atoms with van der Waals surface area (Å²) in [6.07, 6.45) is 18.1. The van der Waals surface area contributed by atoms with Crippen LogP contribution < -0.4 is 15.7 Å². The van der Waals surface area contributed by atoms with Crippen LogP contribution in [-0.2, 0) is 31.8 Å². The Bertz CT molecular complexity index is 1400. The molecule has 6 N–H and O–H groups in total. The lowest BCUT2D eigenvalue weighted by atomic mass is 9.68. The van der Waals surface area contributed by atoms with Crippen LogP contribution >= 0.6 is 7.82 Å². The SMILES string of the molecule is CCCCCCCCCCCCCCCCNN(C(=O)CCc1ccc(OP(=O)(O)O)cc1)C(N)(C(=O)O)C(C)(CCCc1ccccc1)C(=O)CC. The number of carboxylic acid groups (broad SMARTS) is 1. The second-order valence-electron chi connectivity index (χ2n) is 14.5.